The van der Waals surface area contributed by atoms with Gasteiger partial charge >= 0.3 is 5.97 Å². The predicted octanol–water partition coefficient (Wildman–Crippen LogP) is 1.24. The number of hydrogen-bond donors (Lipinski definition) is 2. The minimum atomic E-state index is -0.404. The SMILES string of the molecule is CCCOC(=O)CNC(=S)NC(=O)c1ccccc1. The van der Waals surface area contributed by atoms with E-state index in [-0.39, 0.29) is 17.6 Å². The van der Waals surface area contributed by atoms with E-state index in [2.05, 4.69) is 10.6 Å². The molecule has 19 heavy (non-hydrogen) atoms. The average Bonchev–Trinajstić information content (AvgIpc) is 2.43. The zero-order valence-electron chi connectivity index (χ0n) is 10.6. The number of hydrogen-bond acceptors (Lipinski definition) is 4. The van der Waals surface area contributed by atoms with Crippen molar-refractivity contribution in [1.29, 1.82) is 0 Å². The van der Waals surface area contributed by atoms with E-state index in [1.165, 1.54) is 0 Å². The Morgan fingerprint density at radius 2 is 1.95 bits per heavy atom. The van der Waals surface area contributed by atoms with E-state index in [4.69, 9.17) is 17.0 Å². The summed E-state index contributed by atoms with van der Waals surface area (Å²) >= 11 is 4.91. The van der Waals surface area contributed by atoms with Crippen molar-refractivity contribution in [3.05, 3.63) is 35.9 Å². The summed E-state index contributed by atoms with van der Waals surface area (Å²) in [4.78, 5) is 22.9. The van der Waals surface area contributed by atoms with Crippen LogP contribution in [-0.4, -0.2) is 30.1 Å². The lowest BCUT2D eigenvalue weighted by molar-refractivity contribution is -0.142. The third-order valence-electron chi connectivity index (χ3n) is 2.12. The molecule has 0 saturated heterocycles. The second-order valence-electron chi connectivity index (χ2n) is 3.72. The maximum absolute atomic E-state index is 11.7. The molecule has 2 N–H and O–H groups in total. The van der Waals surface area contributed by atoms with Crippen LogP contribution in [0.1, 0.15) is 23.7 Å². The van der Waals surface area contributed by atoms with Crippen LogP contribution in [0.25, 0.3) is 0 Å². The molecule has 0 saturated carbocycles. The molecule has 1 rings (SSSR count). The van der Waals surface area contributed by atoms with Gasteiger partial charge in [0.2, 0.25) is 0 Å². The van der Waals surface area contributed by atoms with Gasteiger partial charge in [0.05, 0.1) is 6.61 Å². The highest BCUT2D eigenvalue weighted by atomic mass is 32.1. The largest absolute Gasteiger partial charge is 0.464 e. The molecule has 102 valence electrons. The van der Waals surface area contributed by atoms with E-state index in [1.54, 1.807) is 24.3 Å². The van der Waals surface area contributed by atoms with Gasteiger partial charge in [-0.05, 0) is 30.8 Å². The molecular formula is C13H16N2O3S. The summed E-state index contributed by atoms with van der Waals surface area (Å²) in [6.07, 6.45) is 0.765. The number of nitrogens with one attached hydrogen (secondary N) is 2. The number of benzene rings is 1. The molecule has 6 heteroatoms. The second-order valence-corrected chi connectivity index (χ2v) is 4.13. The van der Waals surface area contributed by atoms with Gasteiger partial charge in [-0.15, -0.1) is 0 Å². The highest BCUT2D eigenvalue weighted by Crippen LogP contribution is 1.97. The Morgan fingerprint density at radius 1 is 1.26 bits per heavy atom. The van der Waals surface area contributed by atoms with E-state index in [1.807, 2.05) is 13.0 Å². The predicted molar refractivity (Wildman–Crippen MR) is 75.8 cm³/mol. The molecule has 0 aliphatic carbocycles. The Kier molecular flexibility index (Phi) is 6.52. The molecule has 1 amide bonds. The Bertz CT molecular complexity index is 448. The van der Waals surface area contributed by atoms with Crippen LogP contribution in [0.15, 0.2) is 30.3 Å². The zero-order chi connectivity index (χ0) is 14.1. The molecule has 0 aliphatic rings. The molecule has 0 spiro atoms. The first kappa shape index (κ1) is 15.1. The maximum atomic E-state index is 11.7. The van der Waals surface area contributed by atoms with Crippen LogP contribution in [0, 0.1) is 0 Å². The number of esters is 1. The Balaban J connectivity index is 2.32. The molecule has 0 fully saturated rings. The van der Waals surface area contributed by atoms with Crippen LogP contribution >= 0.6 is 12.2 Å². The third kappa shape index (κ3) is 5.96. The number of carbonyl (C=O) groups is 2. The highest BCUT2D eigenvalue weighted by molar-refractivity contribution is 7.80. The Labute approximate surface area is 117 Å². The van der Waals surface area contributed by atoms with Crippen LogP contribution in [-0.2, 0) is 9.53 Å². The smallest absolute Gasteiger partial charge is 0.325 e. The molecule has 0 aliphatic heterocycles. The number of ether oxygens (including phenoxy) is 1. The molecule has 0 heterocycles. The number of thiocarbonyl (C=S) groups is 1. The summed E-state index contributed by atoms with van der Waals surface area (Å²) in [5, 5.41) is 5.20. The molecular weight excluding hydrogens is 264 g/mol. The first-order valence-electron chi connectivity index (χ1n) is 5.93. The molecule has 0 atom stereocenters. The summed E-state index contributed by atoms with van der Waals surface area (Å²) in [7, 11) is 0. The van der Waals surface area contributed by atoms with Crippen molar-refractivity contribution in [2.45, 2.75) is 13.3 Å². The summed E-state index contributed by atoms with van der Waals surface area (Å²) in [5.74, 6) is -0.724. The lowest BCUT2D eigenvalue weighted by Gasteiger charge is -2.09. The lowest BCUT2D eigenvalue weighted by atomic mass is 10.2. The van der Waals surface area contributed by atoms with Gasteiger partial charge in [-0.2, -0.15) is 0 Å². The van der Waals surface area contributed by atoms with Crippen LogP contribution in [0.3, 0.4) is 0 Å². The standard InChI is InChI=1S/C13H16N2O3S/c1-2-8-18-11(16)9-14-13(19)15-12(17)10-6-4-3-5-7-10/h3-7H,2,8-9H2,1H3,(H2,14,15,17,19). The third-order valence-corrected chi connectivity index (χ3v) is 2.37. The average molecular weight is 280 g/mol. The van der Waals surface area contributed by atoms with Crippen molar-refractivity contribution in [2.24, 2.45) is 0 Å². The topological polar surface area (TPSA) is 67.4 Å². The van der Waals surface area contributed by atoms with Gasteiger partial charge in [0.15, 0.2) is 5.11 Å². The molecule has 0 radical (unpaired) electrons. The van der Waals surface area contributed by atoms with Crippen LogP contribution in [0.4, 0.5) is 0 Å². The lowest BCUT2D eigenvalue weighted by Crippen LogP contribution is -2.41. The van der Waals surface area contributed by atoms with Crippen molar-refractivity contribution < 1.29 is 14.3 Å². The van der Waals surface area contributed by atoms with Crippen LogP contribution in [0.5, 0.6) is 0 Å². The van der Waals surface area contributed by atoms with Crippen LogP contribution in [0.2, 0.25) is 0 Å². The van der Waals surface area contributed by atoms with Gasteiger partial charge in [-0.1, -0.05) is 25.1 Å². The van der Waals surface area contributed by atoms with E-state index in [9.17, 15) is 9.59 Å². The fourth-order valence-corrected chi connectivity index (χ4v) is 1.39. The van der Waals surface area contributed by atoms with Crippen molar-refractivity contribution in [3.63, 3.8) is 0 Å². The minimum absolute atomic E-state index is 0.0616. The Morgan fingerprint density at radius 3 is 2.58 bits per heavy atom. The van der Waals surface area contributed by atoms with Crippen molar-refractivity contribution in [1.82, 2.24) is 10.6 Å². The van der Waals surface area contributed by atoms with Gasteiger partial charge in [-0.25, -0.2) is 0 Å². The van der Waals surface area contributed by atoms with Crippen LogP contribution < -0.4 is 10.6 Å². The maximum Gasteiger partial charge on any atom is 0.325 e. The summed E-state index contributed by atoms with van der Waals surface area (Å²) in [6.45, 7) is 2.23. The summed E-state index contributed by atoms with van der Waals surface area (Å²) < 4.78 is 4.86. The van der Waals surface area contributed by atoms with Crippen molar-refractivity contribution >= 4 is 29.2 Å². The number of amides is 1. The van der Waals surface area contributed by atoms with Gasteiger partial charge in [-0.3, -0.25) is 14.9 Å². The van der Waals surface area contributed by atoms with Crippen molar-refractivity contribution in [2.75, 3.05) is 13.2 Å². The van der Waals surface area contributed by atoms with Gasteiger partial charge in [0, 0.05) is 5.56 Å². The molecule has 5 nitrogen and oxygen atoms in total. The highest BCUT2D eigenvalue weighted by Gasteiger charge is 2.08. The zero-order valence-corrected chi connectivity index (χ0v) is 11.5. The quantitative estimate of drug-likeness (QED) is 0.627. The molecule has 1 aromatic carbocycles. The molecule has 0 bridgehead atoms. The Hall–Kier alpha value is -1.95. The second kappa shape index (κ2) is 8.20. The first-order chi connectivity index (χ1) is 9.13. The number of rotatable bonds is 5. The summed E-state index contributed by atoms with van der Waals surface area (Å²) in [5.41, 5.74) is 0.500. The van der Waals surface area contributed by atoms with Gasteiger partial charge in [0.1, 0.15) is 6.54 Å². The van der Waals surface area contributed by atoms with E-state index in [0.29, 0.717) is 12.2 Å². The normalized spacial score (nSPS) is 9.53. The van der Waals surface area contributed by atoms with Gasteiger partial charge in [0.25, 0.3) is 5.91 Å². The van der Waals surface area contributed by atoms with E-state index < -0.39 is 5.97 Å². The van der Waals surface area contributed by atoms with Crippen molar-refractivity contribution in [3.8, 4) is 0 Å². The molecule has 1 aromatic rings. The molecule has 0 unspecified atom stereocenters. The monoisotopic (exact) mass is 280 g/mol. The van der Waals surface area contributed by atoms with Gasteiger partial charge < -0.3 is 10.1 Å². The fourth-order valence-electron chi connectivity index (χ4n) is 1.23. The summed E-state index contributed by atoms with van der Waals surface area (Å²) in [6, 6.07) is 8.68. The minimum Gasteiger partial charge on any atom is -0.464 e. The number of carbonyl (C=O) groups excluding carboxylic acids is 2. The molecule has 0 aromatic heterocycles. The first-order valence-corrected chi connectivity index (χ1v) is 6.34. The van der Waals surface area contributed by atoms with E-state index in [0.717, 1.165) is 6.42 Å². The van der Waals surface area contributed by atoms with E-state index >= 15 is 0 Å². The fraction of sp³-hybridized carbons (Fsp3) is 0.308.